The maximum atomic E-state index is 13.3. The number of amides is 1. The fraction of sp³-hybridized carbons (Fsp3) is 0.267. The first-order valence-electron chi connectivity index (χ1n) is 6.42. The van der Waals surface area contributed by atoms with E-state index in [4.69, 9.17) is 4.42 Å². The van der Waals surface area contributed by atoms with Crippen molar-refractivity contribution in [3.05, 3.63) is 59.8 Å². The van der Waals surface area contributed by atoms with E-state index in [9.17, 15) is 14.3 Å². The van der Waals surface area contributed by atoms with Gasteiger partial charge in [0, 0.05) is 6.54 Å². The van der Waals surface area contributed by atoms with Crippen molar-refractivity contribution in [1.82, 2.24) is 4.90 Å². The number of aliphatic hydroxyl groups excluding tert-OH is 1. The Bertz CT molecular complexity index is 611. The highest BCUT2D eigenvalue weighted by atomic mass is 19.1. The van der Waals surface area contributed by atoms with Crippen molar-refractivity contribution < 1.29 is 18.7 Å². The van der Waals surface area contributed by atoms with Gasteiger partial charge in [-0.1, -0.05) is 12.1 Å². The lowest BCUT2D eigenvalue weighted by atomic mass is 10.0. The second kappa shape index (κ2) is 5.09. The standard InChI is InChI=1S/C15H14FNO3/c16-12-3-1-2-10(6-12)14-7-13(18)8-17(14)15(19)11-4-5-20-9-11/h1-6,9,13-14,18H,7-8H2/t13-,14+/m1/s1. The van der Waals surface area contributed by atoms with Gasteiger partial charge in [0.15, 0.2) is 0 Å². The average molecular weight is 275 g/mol. The molecule has 1 N–H and O–H groups in total. The number of aliphatic hydroxyl groups is 1. The van der Waals surface area contributed by atoms with Crippen LogP contribution in [0.15, 0.2) is 47.3 Å². The van der Waals surface area contributed by atoms with E-state index in [1.807, 2.05) is 0 Å². The third-order valence-electron chi connectivity index (χ3n) is 3.54. The summed E-state index contributed by atoms with van der Waals surface area (Å²) in [7, 11) is 0. The molecule has 0 bridgehead atoms. The van der Waals surface area contributed by atoms with E-state index < -0.39 is 6.10 Å². The molecule has 2 aromatic rings. The minimum Gasteiger partial charge on any atom is -0.472 e. The molecule has 2 heterocycles. The summed E-state index contributed by atoms with van der Waals surface area (Å²) < 4.78 is 18.3. The summed E-state index contributed by atoms with van der Waals surface area (Å²) in [6.45, 7) is 0.241. The summed E-state index contributed by atoms with van der Waals surface area (Å²) in [4.78, 5) is 13.9. The van der Waals surface area contributed by atoms with Crippen LogP contribution in [-0.4, -0.2) is 28.6 Å². The number of hydrogen-bond acceptors (Lipinski definition) is 3. The molecule has 3 rings (SSSR count). The number of halogens is 1. The number of benzene rings is 1. The van der Waals surface area contributed by atoms with Crippen LogP contribution in [0.2, 0.25) is 0 Å². The Morgan fingerprint density at radius 2 is 2.25 bits per heavy atom. The minimum atomic E-state index is -0.598. The van der Waals surface area contributed by atoms with Crippen LogP contribution in [0.4, 0.5) is 4.39 Å². The summed E-state index contributed by atoms with van der Waals surface area (Å²) in [6.07, 6.45) is 2.61. The van der Waals surface area contributed by atoms with Gasteiger partial charge in [0.2, 0.25) is 0 Å². The molecule has 0 saturated carbocycles. The van der Waals surface area contributed by atoms with Crippen LogP contribution in [0.5, 0.6) is 0 Å². The smallest absolute Gasteiger partial charge is 0.257 e. The molecule has 0 aliphatic carbocycles. The van der Waals surface area contributed by atoms with Gasteiger partial charge in [-0.05, 0) is 30.2 Å². The van der Waals surface area contributed by atoms with E-state index in [1.54, 1.807) is 23.1 Å². The number of carbonyl (C=O) groups excluding carboxylic acids is 1. The van der Waals surface area contributed by atoms with E-state index >= 15 is 0 Å². The first-order chi connectivity index (χ1) is 9.65. The molecule has 0 spiro atoms. The van der Waals surface area contributed by atoms with E-state index in [0.717, 1.165) is 0 Å². The SMILES string of the molecule is O=C(c1ccoc1)N1C[C@H](O)C[C@H]1c1cccc(F)c1. The van der Waals surface area contributed by atoms with Gasteiger partial charge in [0.25, 0.3) is 5.91 Å². The van der Waals surface area contributed by atoms with Gasteiger partial charge in [-0.2, -0.15) is 0 Å². The molecule has 104 valence electrons. The molecule has 1 saturated heterocycles. The summed E-state index contributed by atoms with van der Waals surface area (Å²) in [5.74, 6) is -0.566. The second-order valence-corrected chi connectivity index (χ2v) is 4.93. The fourth-order valence-electron chi connectivity index (χ4n) is 2.62. The lowest BCUT2D eigenvalue weighted by Gasteiger charge is -2.24. The van der Waals surface area contributed by atoms with E-state index in [-0.39, 0.29) is 24.3 Å². The van der Waals surface area contributed by atoms with Gasteiger partial charge in [0.05, 0.1) is 24.0 Å². The van der Waals surface area contributed by atoms with E-state index in [1.165, 1.54) is 24.7 Å². The van der Waals surface area contributed by atoms with Gasteiger partial charge in [-0.3, -0.25) is 4.79 Å². The predicted octanol–water partition coefficient (Wildman–Crippen LogP) is 2.37. The van der Waals surface area contributed by atoms with Crippen molar-refractivity contribution in [2.75, 3.05) is 6.54 Å². The number of furan rings is 1. The first-order valence-corrected chi connectivity index (χ1v) is 6.42. The molecule has 1 aliphatic rings. The number of nitrogens with zero attached hydrogens (tertiary/aromatic N) is 1. The first kappa shape index (κ1) is 12.9. The van der Waals surface area contributed by atoms with E-state index in [0.29, 0.717) is 17.5 Å². The zero-order valence-corrected chi connectivity index (χ0v) is 10.7. The van der Waals surface area contributed by atoms with Crippen molar-refractivity contribution >= 4 is 5.91 Å². The van der Waals surface area contributed by atoms with Crippen LogP contribution < -0.4 is 0 Å². The highest BCUT2D eigenvalue weighted by molar-refractivity contribution is 5.94. The number of β-amino-alcohol motifs (C(OH)–C–C–N with tert-alkyl or cyclic N) is 1. The normalized spacial score (nSPS) is 22.2. The van der Waals surface area contributed by atoms with Crippen LogP contribution in [0.3, 0.4) is 0 Å². The Labute approximate surface area is 115 Å². The highest BCUT2D eigenvalue weighted by Gasteiger charge is 2.36. The third kappa shape index (κ3) is 2.32. The van der Waals surface area contributed by atoms with Crippen molar-refractivity contribution in [3.63, 3.8) is 0 Å². The second-order valence-electron chi connectivity index (χ2n) is 4.93. The number of rotatable bonds is 2. The Morgan fingerprint density at radius 3 is 2.95 bits per heavy atom. The quantitative estimate of drug-likeness (QED) is 0.915. The Kier molecular flexibility index (Phi) is 3.28. The van der Waals surface area contributed by atoms with Crippen LogP contribution >= 0.6 is 0 Å². The van der Waals surface area contributed by atoms with Crippen LogP contribution in [-0.2, 0) is 0 Å². The molecule has 5 heteroatoms. The van der Waals surface area contributed by atoms with Gasteiger partial charge >= 0.3 is 0 Å². The van der Waals surface area contributed by atoms with Crippen molar-refractivity contribution in [3.8, 4) is 0 Å². The summed E-state index contributed by atoms with van der Waals surface area (Å²) in [5.41, 5.74) is 1.12. The largest absolute Gasteiger partial charge is 0.472 e. The molecular weight excluding hydrogens is 261 g/mol. The van der Waals surface area contributed by atoms with Crippen molar-refractivity contribution in [2.45, 2.75) is 18.6 Å². The number of hydrogen-bond donors (Lipinski definition) is 1. The maximum absolute atomic E-state index is 13.3. The van der Waals surface area contributed by atoms with Crippen molar-refractivity contribution in [2.24, 2.45) is 0 Å². The lowest BCUT2D eigenvalue weighted by molar-refractivity contribution is 0.0715. The Balaban J connectivity index is 1.91. The van der Waals surface area contributed by atoms with Gasteiger partial charge in [-0.25, -0.2) is 4.39 Å². The lowest BCUT2D eigenvalue weighted by Crippen LogP contribution is -2.31. The molecule has 2 atom stereocenters. The molecule has 1 aromatic heterocycles. The molecule has 1 amide bonds. The van der Waals surface area contributed by atoms with Crippen LogP contribution in [0.1, 0.15) is 28.4 Å². The molecule has 1 aliphatic heterocycles. The molecule has 1 fully saturated rings. The zero-order chi connectivity index (χ0) is 14.1. The fourth-order valence-corrected chi connectivity index (χ4v) is 2.62. The van der Waals surface area contributed by atoms with Crippen LogP contribution in [0, 0.1) is 5.82 Å². The predicted molar refractivity (Wildman–Crippen MR) is 69.5 cm³/mol. The molecule has 20 heavy (non-hydrogen) atoms. The molecule has 4 nitrogen and oxygen atoms in total. The molecular formula is C15H14FNO3. The summed E-state index contributed by atoms with van der Waals surface area (Å²) >= 11 is 0. The molecule has 1 aromatic carbocycles. The van der Waals surface area contributed by atoms with Gasteiger partial charge in [0.1, 0.15) is 12.1 Å². The number of likely N-dealkylation sites (tertiary alicyclic amines) is 1. The summed E-state index contributed by atoms with van der Waals surface area (Å²) in [6, 6.07) is 7.39. The Hall–Kier alpha value is -2.14. The van der Waals surface area contributed by atoms with E-state index in [2.05, 4.69) is 0 Å². The average Bonchev–Trinajstić information content (AvgIpc) is 3.07. The van der Waals surface area contributed by atoms with Crippen molar-refractivity contribution in [1.29, 1.82) is 0 Å². The third-order valence-corrected chi connectivity index (χ3v) is 3.54. The Morgan fingerprint density at radius 1 is 1.40 bits per heavy atom. The summed E-state index contributed by atoms with van der Waals surface area (Å²) in [5, 5.41) is 9.84. The van der Waals surface area contributed by atoms with Gasteiger partial charge < -0.3 is 14.4 Å². The topological polar surface area (TPSA) is 53.7 Å². The zero-order valence-electron chi connectivity index (χ0n) is 10.7. The minimum absolute atomic E-state index is 0.218. The number of carbonyl (C=O) groups is 1. The maximum Gasteiger partial charge on any atom is 0.257 e. The van der Waals surface area contributed by atoms with Crippen LogP contribution in [0.25, 0.3) is 0 Å². The molecule has 0 unspecified atom stereocenters. The molecule has 0 radical (unpaired) electrons. The highest BCUT2D eigenvalue weighted by Crippen LogP contribution is 2.33. The van der Waals surface area contributed by atoms with Gasteiger partial charge in [-0.15, -0.1) is 0 Å². The monoisotopic (exact) mass is 275 g/mol.